The van der Waals surface area contributed by atoms with Crippen molar-refractivity contribution in [3.05, 3.63) is 47.2 Å². The summed E-state index contributed by atoms with van der Waals surface area (Å²) in [7, 11) is 1.78. The van der Waals surface area contributed by atoms with Crippen molar-refractivity contribution in [3.8, 4) is 0 Å². The zero-order valence-electron chi connectivity index (χ0n) is 15.8. The standard InChI is InChI=1S/C19H24N6O.HI/c1-12-14-7-4-5-9-16(14)26-17(12)11-21-19(20-3)23-15-8-6-10-25-18(15)22-13(2)24-25;/h4-5,7,9,15H,6,8,10-11H2,1-3H3,(H2,20,21,23);1H. The molecule has 144 valence electrons. The first kappa shape index (κ1) is 19.7. The summed E-state index contributed by atoms with van der Waals surface area (Å²) in [5.41, 5.74) is 2.08. The molecule has 3 aromatic rings. The van der Waals surface area contributed by atoms with Crippen molar-refractivity contribution in [1.29, 1.82) is 0 Å². The Morgan fingerprint density at radius 2 is 2.15 bits per heavy atom. The van der Waals surface area contributed by atoms with Crippen molar-refractivity contribution < 1.29 is 4.42 Å². The van der Waals surface area contributed by atoms with Gasteiger partial charge in [-0.05, 0) is 32.8 Å². The second kappa shape index (κ2) is 8.28. The van der Waals surface area contributed by atoms with Crippen LogP contribution in [-0.2, 0) is 13.1 Å². The molecule has 0 bridgehead atoms. The molecule has 1 aromatic carbocycles. The quantitative estimate of drug-likeness (QED) is 0.341. The van der Waals surface area contributed by atoms with Gasteiger partial charge in [-0.1, -0.05) is 18.2 Å². The number of para-hydroxylation sites is 1. The fourth-order valence-corrected chi connectivity index (χ4v) is 3.52. The van der Waals surface area contributed by atoms with E-state index in [2.05, 4.69) is 38.7 Å². The lowest BCUT2D eigenvalue weighted by molar-refractivity contribution is 0.397. The summed E-state index contributed by atoms with van der Waals surface area (Å²) in [5, 5.41) is 12.4. The molecule has 3 heterocycles. The lowest BCUT2D eigenvalue weighted by Crippen LogP contribution is -2.41. The summed E-state index contributed by atoms with van der Waals surface area (Å²) in [6.07, 6.45) is 2.09. The van der Waals surface area contributed by atoms with Crippen LogP contribution in [0.3, 0.4) is 0 Å². The first-order chi connectivity index (χ1) is 12.7. The maximum atomic E-state index is 5.97. The molecule has 0 aliphatic carbocycles. The van der Waals surface area contributed by atoms with Gasteiger partial charge in [0.1, 0.15) is 23.0 Å². The van der Waals surface area contributed by atoms with Crippen molar-refractivity contribution in [2.45, 2.75) is 45.8 Å². The van der Waals surface area contributed by atoms with E-state index in [0.717, 1.165) is 59.3 Å². The number of guanidine groups is 1. The van der Waals surface area contributed by atoms with Crippen LogP contribution >= 0.6 is 24.0 Å². The number of aliphatic imine (C=N–C) groups is 1. The number of nitrogens with one attached hydrogen (secondary N) is 2. The van der Waals surface area contributed by atoms with E-state index in [4.69, 9.17) is 4.42 Å². The average molecular weight is 480 g/mol. The normalized spacial score (nSPS) is 16.7. The molecule has 2 aromatic heterocycles. The van der Waals surface area contributed by atoms with E-state index in [1.165, 1.54) is 0 Å². The Hall–Kier alpha value is -2.10. The molecule has 0 fully saturated rings. The van der Waals surface area contributed by atoms with Crippen LogP contribution in [0.1, 0.15) is 41.9 Å². The molecule has 1 aliphatic rings. The summed E-state index contributed by atoms with van der Waals surface area (Å²) in [4.78, 5) is 8.93. The largest absolute Gasteiger partial charge is 0.459 e. The topological polar surface area (TPSA) is 80.3 Å². The van der Waals surface area contributed by atoms with Crippen LogP contribution in [0.2, 0.25) is 0 Å². The van der Waals surface area contributed by atoms with Crippen molar-refractivity contribution in [1.82, 2.24) is 25.4 Å². The molecule has 1 unspecified atom stereocenters. The van der Waals surface area contributed by atoms with E-state index >= 15 is 0 Å². The highest BCUT2D eigenvalue weighted by Crippen LogP contribution is 2.25. The van der Waals surface area contributed by atoms with Crippen LogP contribution in [0.15, 0.2) is 33.7 Å². The average Bonchev–Trinajstić information content (AvgIpc) is 3.19. The van der Waals surface area contributed by atoms with Gasteiger partial charge < -0.3 is 15.1 Å². The maximum Gasteiger partial charge on any atom is 0.191 e. The number of benzene rings is 1. The highest BCUT2D eigenvalue weighted by molar-refractivity contribution is 14.0. The number of rotatable bonds is 3. The van der Waals surface area contributed by atoms with Crippen LogP contribution < -0.4 is 10.6 Å². The van der Waals surface area contributed by atoms with E-state index in [9.17, 15) is 0 Å². The van der Waals surface area contributed by atoms with Gasteiger partial charge in [0.15, 0.2) is 5.96 Å². The zero-order valence-corrected chi connectivity index (χ0v) is 18.2. The molecule has 1 aliphatic heterocycles. The van der Waals surface area contributed by atoms with Gasteiger partial charge in [-0.3, -0.25) is 4.99 Å². The minimum atomic E-state index is 0. The lowest BCUT2D eigenvalue weighted by atomic mass is 10.1. The smallest absolute Gasteiger partial charge is 0.191 e. The predicted octanol–water partition coefficient (Wildman–Crippen LogP) is 3.46. The van der Waals surface area contributed by atoms with Gasteiger partial charge in [-0.25, -0.2) is 9.67 Å². The fraction of sp³-hybridized carbons (Fsp3) is 0.421. The maximum absolute atomic E-state index is 5.97. The number of hydrogen-bond acceptors (Lipinski definition) is 4. The third-order valence-corrected chi connectivity index (χ3v) is 4.87. The van der Waals surface area contributed by atoms with Crippen LogP contribution in [0.25, 0.3) is 11.0 Å². The van der Waals surface area contributed by atoms with E-state index in [1.807, 2.05) is 29.8 Å². The second-order valence-electron chi connectivity index (χ2n) is 6.65. The van der Waals surface area contributed by atoms with Crippen LogP contribution in [0.5, 0.6) is 0 Å². The lowest BCUT2D eigenvalue weighted by Gasteiger charge is -2.24. The minimum Gasteiger partial charge on any atom is -0.459 e. The van der Waals surface area contributed by atoms with Crippen LogP contribution in [-0.4, -0.2) is 27.8 Å². The number of fused-ring (bicyclic) bond motifs is 2. The molecule has 0 saturated heterocycles. The first-order valence-electron chi connectivity index (χ1n) is 9.01. The van der Waals surface area contributed by atoms with Gasteiger partial charge in [-0.15, -0.1) is 24.0 Å². The van der Waals surface area contributed by atoms with Gasteiger partial charge in [0, 0.05) is 24.5 Å². The minimum absolute atomic E-state index is 0. The molecular formula is C19H25IN6O. The van der Waals surface area contributed by atoms with E-state index in [-0.39, 0.29) is 30.0 Å². The SMILES string of the molecule is CN=C(NCc1oc2ccccc2c1C)NC1CCCn2nc(C)nc21.I. The molecule has 27 heavy (non-hydrogen) atoms. The number of hydrogen-bond donors (Lipinski definition) is 2. The van der Waals surface area contributed by atoms with Crippen molar-refractivity contribution in [3.63, 3.8) is 0 Å². The molecule has 0 saturated carbocycles. The van der Waals surface area contributed by atoms with Gasteiger partial charge in [-0.2, -0.15) is 5.10 Å². The van der Waals surface area contributed by atoms with Crippen molar-refractivity contribution in [2.75, 3.05) is 7.05 Å². The molecule has 7 nitrogen and oxygen atoms in total. The summed E-state index contributed by atoms with van der Waals surface area (Å²) in [5.74, 6) is 3.46. The summed E-state index contributed by atoms with van der Waals surface area (Å²) in [6, 6.07) is 8.22. The predicted molar refractivity (Wildman–Crippen MR) is 116 cm³/mol. The zero-order chi connectivity index (χ0) is 18.1. The third kappa shape index (κ3) is 3.95. The number of nitrogens with zero attached hydrogens (tertiary/aromatic N) is 4. The van der Waals surface area contributed by atoms with E-state index in [1.54, 1.807) is 7.05 Å². The van der Waals surface area contributed by atoms with E-state index in [0.29, 0.717) is 6.54 Å². The molecular weight excluding hydrogens is 455 g/mol. The Kier molecular flexibility index (Phi) is 6.03. The molecule has 0 amide bonds. The third-order valence-electron chi connectivity index (χ3n) is 4.87. The Morgan fingerprint density at radius 1 is 1.33 bits per heavy atom. The summed E-state index contributed by atoms with van der Waals surface area (Å²) < 4.78 is 7.96. The molecule has 8 heteroatoms. The summed E-state index contributed by atoms with van der Waals surface area (Å²) in [6.45, 7) is 5.53. The van der Waals surface area contributed by atoms with Gasteiger partial charge >= 0.3 is 0 Å². The van der Waals surface area contributed by atoms with Crippen molar-refractivity contribution in [2.24, 2.45) is 4.99 Å². The van der Waals surface area contributed by atoms with Gasteiger partial charge in [0.25, 0.3) is 0 Å². The highest BCUT2D eigenvalue weighted by Gasteiger charge is 2.24. The first-order valence-corrected chi connectivity index (χ1v) is 9.01. The Balaban J connectivity index is 0.00000210. The second-order valence-corrected chi connectivity index (χ2v) is 6.65. The molecule has 2 N–H and O–H groups in total. The number of aryl methyl sites for hydroxylation is 3. The monoisotopic (exact) mass is 480 g/mol. The van der Waals surface area contributed by atoms with E-state index < -0.39 is 0 Å². The highest BCUT2D eigenvalue weighted by atomic mass is 127. The van der Waals surface area contributed by atoms with Crippen LogP contribution in [0, 0.1) is 13.8 Å². The molecule has 1 atom stereocenters. The Bertz CT molecular complexity index is 960. The van der Waals surface area contributed by atoms with Gasteiger partial charge in [0.2, 0.25) is 0 Å². The van der Waals surface area contributed by atoms with Crippen molar-refractivity contribution >= 4 is 40.9 Å². The summed E-state index contributed by atoms with van der Waals surface area (Å²) >= 11 is 0. The number of halogens is 1. The molecule has 4 rings (SSSR count). The number of aromatic nitrogens is 3. The molecule has 0 spiro atoms. The Labute approximate surface area is 175 Å². The van der Waals surface area contributed by atoms with Gasteiger partial charge in [0.05, 0.1) is 12.6 Å². The Morgan fingerprint density at radius 3 is 2.93 bits per heavy atom. The number of furan rings is 1. The van der Waals surface area contributed by atoms with Crippen LogP contribution in [0.4, 0.5) is 0 Å². The molecule has 0 radical (unpaired) electrons. The fourth-order valence-electron chi connectivity index (χ4n) is 3.52.